The van der Waals surface area contributed by atoms with Crippen molar-refractivity contribution < 1.29 is 24.2 Å². The van der Waals surface area contributed by atoms with Gasteiger partial charge in [-0.2, -0.15) is 0 Å². The maximum absolute atomic E-state index is 12.6. The van der Waals surface area contributed by atoms with Gasteiger partial charge in [-0.15, -0.1) is 0 Å². The molecule has 1 unspecified atom stereocenters. The predicted molar refractivity (Wildman–Crippen MR) is 212 cm³/mol. The first kappa shape index (κ1) is 46.9. The Labute approximate surface area is 306 Å². The first-order valence-electron chi connectivity index (χ1n) is 20.1. The molecule has 0 spiro atoms. The van der Waals surface area contributed by atoms with E-state index in [0.29, 0.717) is 12.8 Å². The zero-order chi connectivity index (χ0) is 36.6. The molecule has 0 aliphatic rings. The molecule has 50 heavy (non-hydrogen) atoms. The van der Waals surface area contributed by atoms with E-state index in [2.05, 4.69) is 92.1 Å². The summed E-state index contributed by atoms with van der Waals surface area (Å²) >= 11 is 0. The third kappa shape index (κ3) is 37.7. The van der Waals surface area contributed by atoms with Crippen molar-refractivity contribution in [3.05, 3.63) is 72.9 Å². The molecule has 0 aromatic rings. The van der Waals surface area contributed by atoms with Gasteiger partial charge in [-0.3, -0.25) is 14.4 Å². The van der Waals surface area contributed by atoms with Gasteiger partial charge < -0.3 is 15.2 Å². The number of aliphatic carboxylic acids is 1. The van der Waals surface area contributed by atoms with Crippen LogP contribution >= 0.6 is 0 Å². The van der Waals surface area contributed by atoms with Crippen LogP contribution in [0.25, 0.3) is 0 Å². The number of esters is 1. The largest absolute Gasteiger partial charge is 0.480 e. The quantitative estimate of drug-likeness (QED) is 0.0391. The molecule has 0 fully saturated rings. The number of hydrogen-bond acceptors (Lipinski definition) is 4. The molecule has 0 saturated carbocycles. The molecule has 2 N–H and O–H groups in total. The van der Waals surface area contributed by atoms with E-state index in [9.17, 15) is 14.4 Å². The molecule has 0 aromatic heterocycles. The van der Waals surface area contributed by atoms with Gasteiger partial charge in [0.25, 0.3) is 0 Å². The summed E-state index contributed by atoms with van der Waals surface area (Å²) in [7, 11) is 0. The Bertz CT molecular complexity index is 990. The second-order valence-electron chi connectivity index (χ2n) is 13.2. The van der Waals surface area contributed by atoms with Gasteiger partial charge in [-0.1, -0.05) is 145 Å². The molecule has 0 radical (unpaired) electrons. The highest BCUT2D eigenvalue weighted by atomic mass is 16.5. The number of carboxylic acid groups (broad SMARTS) is 1. The molecule has 6 heteroatoms. The summed E-state index contributed by atoms with van der Waals surface area (Å²) in [6.07, 6.45) is 51.8. The Morgan fingerprint density at radius 3 is 1.62 bits per heavy atom. The normalized spacial score (nSPS) is 12.8. The highest BCUT2D eigenvalue weighted by molar-refractivity contribution is 5.80. The maximum Gasteiger partial charge on any atom is 0.322 e. The van der Waals surface area contributed by atoms with Crippen molar-refractivity contribution in [2.24, 2.45) is 0 Å². The summed E-state index contributed by atoms with van der Waals surface area (Å²) in [4.78, 5) is 34.9. The molecular weight excluding hydrogens is 622 g/mol. The summed E-state index contributed by atoms with van der Waals surface area (Å²) in [5.74, 6) is -1.35. The standard InChI is InChI=1S/C44H73NO5/c1-3-5-7-9-11-13-14-15-16-17-18-19-20-21-22-23-24-25-27-29-35-39-44(49)50-41(36-32-28-26-12-10-8-6-4-2)37-33-30-31-34-38-42(46)45-40-43(47)48/h5,7,11,13,15-16,18-19,21-22,32,36,41H,3-4,6,8-10,12,14,17,20,23-31,33-35,37-40H2,1-2H3,(H,45,46)(H,47,48)/b7-5-,13-11-,16-15-,19-18-,22-21-,36-32-. The van der Waals surface area contributed by atoms with Crippen molar-refractivity contribution in [3.8, 4) is 0 Å². The fraction of sp³-hybridized carbons (Fsp3) is 0.659. The number of amides is 1. The van der Waals surface area contributed by atoms with Gasteiger partial charge in [0.15, 0.2) is 0 Å². The predicted octanol–water partition coefficient (Wildman–Crippen LogP) is 12.2. The molecule has 1 atom stereocenters. The number of rotatable bonds is 35. The molecule has 0 aliphatic heterocycles. The fourth-order valence-corrected chi connectivity index (χ4v) is 5.39. The highest BCUT2D eigenvalue weighted by Crippen LogP contribution is 2.15. The molecule has 0 heterocycles. The van der Waals surface area contributed by atoms with E-state index in [0.717, 1.165) is 96.3 Å². The van der Waals surface area contributed by atoms with Crippen molar-refractivity contribution in [2.75, 3.05) is 6.54 Å². The Morgan fingerprint density at radius 1 is 0.560 bits per heavy atom. The second kappa shape index (κ2) is 38.6. The summed E-state index contributed by atoms with van der Waals surface area (Å²) in [5, 5.41) is 11.1. The van der Waals surface area contributed by atoms with E-state index in [1.807, 2.05) is 0 Å². The number of carbonyl (C=O) groups is 3. The van der Waals surface area contributed by atoms with Crippen LogP contribution in [0.3, 0.4) is 0 Å². The number of carbonyl (C=O) groups excluding carboxylic acids is 2. The smallest absolute Gasteiger partial charge is 0.322 e. The Balaban J connectivity index is 4.13. The molecule has 284 valence electrons. The van der Waals surface area contributed by atoms with Crippen molar-refractivity contribution in [1.29, 1.82) is 0 Å². The Hall–Kier alpha value is -3.15. The molecule has 0 saturated heterocycles. The van der Waals surface area contributed by atoms with Crippen LogP contribution < -0.4 is 5.32 Å². The first-order chi connectivity index (χ1) is 24.5. The number of ether oxygens (including phenoxy) is 1. The Kier molecular flexibility index (Phi) is 36.2. The van der Waals surface area contributed by atoms with E-state index in [4.69, 9.17) is 9.84 Å². The average molecular weight is 696 g/mol. The fourth-order valence-electron chi connectivity index (χ4n) is 5.39. The lowest BCUT2D eigenvalue weighted by Crippen LogP contribution is -2.28. The zero-order valence-electron chi connectivity index (χ0n) is 32.0. The van der Waals surface area contributed by atoms with E-state index in [1.54, 1.807) is 0 Å². The third-order valence-corrected chi connectivity index (χ3v) is 8.35. The lowest BCUT2D eigenvalue weighted by molar-refractivity contribution is -0.147. The van der Waals surface area contributed by atoms with Gasteiger partial charge in [0.2, 0.25) is 5.91 Å². The molecule has 1 amide bonds. The SMILES string of the molecule is CC/C=C\C/C=C\C/C=C\C/C=C\C/C=C\CCCCCCCC(=O)OC(/C=C\CCCCCCCC)CCCCCCC(=O)NCC(=O)O. The topological polar surface area (TPSA) is 92.7 Å². The number of carboxylic acids is 1. The van der Waals surface area contributed by atoms with Crippen LogP contribution in [0.5, 0.6) is 0 Å². The highest BCUT2D eigenvalue weighted by Gasteiger charge is 2.12. The van der Waals surface area contributed by atoms with Crippen molar-refractivity contribution in [3.63, 3.8) is 0 Å². The summed E-state index contributed by atoms with van der Waals surface area (Å²) in [6.45, 7) is 4.06. The number of allylic oxidation sites excluding steroid dienone is 11. The number of unbranched alkanes of at least 4 members (excludes halogenated alkanes) is 14. The van der Waals surface area contributed by atoms with E-state index in [-0.39, 0.29) is 24.5 Å². The number of hydrogen-bond donors (Lipinski definition) is 2. The van der Waals surface area contributed by atoms with Crippen LogP contribution in [0, 0.1) is 0 Å². The lowest BCUT2D eigenvalue weighted by atomic mass is 10.1. The number of nitrogens with one attached hydrogen (secondary N) is 1. The minimum Gasteiger partial charge on any atom is -0.480 e. The minimum absolute atomic E-state index is 0.104. The van der Waals surface area contributed by atoms with Crippen molar-refractivity contribution >= 4 is 17.8 Å². The van der Waals surface area contributed by atoms with E-state index < -0.39 is 5.97 Å². The van der Waals surface area contributed by atoms with Crippen LogP contribution in [0.15, 0.2) is 72.9 Å². The van der Waals surface area contributed by atoms with E-state index >= 15 is 0 Å². The van der Waals surface area contributed by atoms with Crippen LogP contribution in [0.4, 0.5) is 0 Å². The molecule has 6 nitrogen and oxygen atoms in total. The minimum atomic E-state index is -1.03. The van der Waals surface area contributed by atoms with Gasteiger partial charge in [0.05, 0.1) is 0 Å². The van der Waals surface area contributed by atoms with Crippen LogP contribution in [-0.4, -0.2) is 35.6 Å². The lowest BCUT2D eigenvalue weighted by Gasteiger charge is -2.15. The molecule has 0 aromatic carbocycles. The van der Waals surface area contributed by atoms with Crippen LogP contribution in [0.2, 0.25) is 0 Å². The molecule has 0 aliphatic carbocycles. The van der Waals surface area contributed by atoms with Crippen LogP contribution in [0.1, 0.15) is 174 Å². The van der Waals surface area contributed by atoms with Gasteiger partial charge >= 0.3 is 11.9 Å². The van der Waals surface area contributed by atoms with Gasteiger partial charge in [0, 0.05) is 12.8 Å². The van der Waals surface area contributed by atoms with Gasteiger partial charge in [-0.05, 0) is 89.5 Å². The summed E-state index contributed by atoms with van der Waals surface area (Å²) in [5.41, 5.74) is 0. The summed E-state index contributed by atoms with van der Waals surface area (Å²) < 4.78 is 5.88. The molecule has 0 rings (SSSR count). The Morgan fingerprint density at radius 2 is 1.04 bits per heavy atom. The first-order valence-corrected chi connectivity index (χ1v) is 20.1. The van der Waals surface area contributed by atoms with Crippen molar-refractivity contribution in [1.82, 2.24) is 5.32 Å². The average Bonchev–Trinajstić information content (AvgIpc) is 3.10. The summed E-state index contributed by atoms with van der Waals surface area (Å²) in [6, 6.07) is 0. The maximum atomic E-state index is 12.6. The molecule has 0 bridgehead atoms. The monoisotopic (exact) mass is 696 g/mol. The third-order valence-electron chi connectivity index (χ3n) is 8.35. The molecular formula is C44H73NO5. The van der Waals surface area contributed by atoms with Gasteiger partial charge in [0.1, 0.15) is 12.6 Å². The van der Waals surface area contributed by atoms with Crippen molar-refractivity contribution in [2.45, 2.75) is 180 Å². The second-order valence-corrected chi connectivity index (χ2v) is 13.2. The zero-order valence-corrected chi connectivity index (χ0v) is 32.0. The van der Waals surface area contributed by atoms with E-state index in [1.165, 1.54) is 51.4 Å². The van der Waals surface area contributed by atoms with Crippen LogP contribution in [-0.2, 0) is 19.1 Å². The van der Waals surface area contributed by atoms with Gasteiger partial charge in [-0.25, -0.2) is 0 Å².